The topological polar surface area (TPSA) is 136 Å². The number of nitriles is 1. The highest BCUT2D eigenvalue weighted by molar-refractivity contribution is 5.93. The van der Waals surface area contributed by atoms with E-state index in [0.717, 1.165) is 5.57 Å². The van der Waals surface area contributed by atoms with E-state index in [9.17, 15) is 20.6 Å². The van der Waals surface area contributed by atoms with Gasteiger partial charge in [0, 0.05) is 12.7 Å². The van der Waals surface area contributed by atoms with Crippen LogP contribution >= 0.6 is 0 Å². The monoisotopic (exact) mass is 359 g/mol. The SMILES string of the molecule is CC(C)=CCNc1ncnc2c1c(C#N)cn2[C@H]1O[C@H](CO)[C@@H](O)[C@@H]1O. The van der Waals surface area contributed by atoms with E-state index in [1.165, 1.54) is 17.1 Å². The zero-order valence-electron chi connectivity index (χ0n) is 14.5. The van der Waals surface area contributed by atoms with Gasteiger partial charge in [-0.15, -0.1) is 0 Å². The van der Waals surface area contributed by atoms with E-state index < -0.39 is 31.1 Å². The number of nitrogens with one attached hydrogen (secondary N) is 1. The van der Waals surface area contributed by atoms with Gasteiger partial charge in [-0.05, 0) is 13.8 Å². The number of hydrogen-bond acceptors (Lipinski definition) is 8. The maximum Gasteiger partial charge on any atom is 0.164 e. The van der Waals surface area contributed by atoms with E-state index in [2.05, 4.69) is 21.4 Å². The van der Waals surface area contributed by atoms with Gasteiger partial charge in [0.25, 0.3) is 0 Å². The van der Waals surface area contributed by atoms with Crippen LogP contribution in [0, 0.1) is 11.3 Å². The lowest BCUT2D eigenvalue weighted by Gasteiger charge is -2.17. The Labute approximate surface area is 150 Å². The molecule has 3 heterocycles. The van der Waals surface area contributed by atoms with E-state index in [4.69, 9.17) is 4.74 Å². The summed E-state index contributed by atoms with van der Waals surface area (Å²) in [4.78, 5) is 8.43. The number of allylic oxidation sites excluding steroid dienone is 1. The molecule has 0 spiro atoms. The zero-order chi connectivity index (χ0) is 18.8. The summed E-state index contributed by atoms with van der Waals surface area (Å²) < 4.78 is 7.04. The Balaban J connectivity index is 2.04. The second-order valence-electron chi connectivity index (χ2n) is 6.37. The third kappa shape index (κ3) is 3.15. The number of aliphatic hydroxyl groups excluding tert-OH is 3. The second-order valence-corrected chi connectivity index (χ2v) is 6.37. The number of anilines is 1. The molecule has 0 unspecified atom stereocenters. The molecule has 0 amide bonds. The largest absolute Gasteiger partial charge is 0.394 e. The summed E-state index contributed by atoms with van der Waals surface area (Å²) >= 11 is 0. The molecule has 1 fully saturated rings. The van der Waals surface area contributed by atoms with Gasteiger partial charge in [0.05, 0.1) is 17.6 Å². The van der Waals surface area contributed by atoms with E-state index in [1.54, 1.807) is 0 Å². The third-order valence-electron chi connectivity index (χ3n) is 4.30. The lowest BCUT2D eigenvalue weighted by Crippen LogP contribution is -2.33. The number of hydrogen-bond donors (Lipinski definition) is 4. The first kappa shape index (κ1) is 18.3. The number of rotatable bonds is 5. The van der Waals surface area contributed by atoms with Gasteiger partial charge in [-0.1, -0.05) is 11.6 Å². The van der Waals surface area contributed by atoms with Crippen LogP contribution in [0.2, 0.25) is 0 Å². The minimum atomic E-state index is -1.26. The maximum absolute atomic E-state index is 10.3. The molecule has 2 aromatic heterocycles. The van der Waals surface area contributed by atoms with Crippen molar-refractivity contribution in [3.05, 3.63) is 29.7 Å². The molecular weight excluding hydrogens is 338 g/mol. The van der Waals surface area contributed by atoms with Gasteiger partial charge >= 0.3 is 0 Å². The Kier molecular flexibility index (Phi) is 5.20. The second kappa shape index (κ2) is 7.39. The van der Waals surface area contributed by atoms with Crippen molar-refractivity contribution in [2.45, 2.75) is 38.4 Å². The molecule has 1 aliphatic heterocycles. The highest BCUT2D eigenvalue weighted by Crippen LogP contribution is 2.34. The molecule has 138 valence electrons. The van der Waals surface area contributed by atoms with Crippen LogP contribution < -0.4 is 5.32 Å². The fraction of sp³-hybridized carbons (Fsp3) is 0.471. The van der Waals surface area contributed by atoms with Crippen molar-refractivity contribution >= 4 is 16.9 Å². The van der Waals surface area contributed by atoms with Gasteiger partial charge in [0.1, 0.15) is 42.2 Å². The first-order chi connectivity index (χ1) is 12.5. The maximum atomic E-state index is 10.3. The molecular formula is C17H21N5O4. The first-order valence-electron chi connectivity index (χ1n) is 8.23. The van der Waals surface area contributed by atoms with Crippen LogP contribution in [0.25, 0.3) is 11.0 Å². The van der Waals surface area contributed by atoms with Crippen LogP contribution in [0.4, 0.5) is 5.82 Å². The van der Waals surface area contributed by atoms with Crippen molar-refractivity contribution in [3.8, 4) is 6.07 Å². The van der Waals surface area contributed by atoms with E-state index in [1.807, 2.05) is 19.9 Å². The van der Waals surface area contributed by atoms with E-state index in [-0.39, 0.29) is 0 Å². The molecule has 4 N–H and O–H groups in total. The fourth-order valence-corrected chi connectivity index (χ4v) is 2.96. The van der Waals surface area contributed by atoms with Gasteiger partial charge in [0.15, 0.2) is 6.23 Å². The molecule has 1 saturated heterocycles. The van der Waals surface area contributed by atoms with Crippen LogP contribution in [0.1, 0.15) is 25.6 Å². The summed E-state index contributed by atoms with van der Waals surface area (Å²) in [6.07, 6.45) is 0.486. The molecule has 0 bridgehead atoms. The van der Waals surface area contributed by atoms with Gasteiger partial charge < -0.3 is 29.9 Å². The summed E-state index contributed by atoms with van der Waals surface area (Å²) in [5, 5.41) is 42.7. The lowest BCUT2D eigenvalue weighted by molar-refractivity contribution is -0.0508. The van der Waals surface area contributed by atoms with Crippen LogP contribution in [0.3, 0.4) is 0 Å². The summed E-state index contributed by atoms with van der Waals surface area (Å²) in [6, 6.07) is 2.10. The number of fused-ring (bicyclic) bond motifs is 1. The van der Waals surface area contributed by atoms with Crippen LogP contribution in [-0.4, -0.2) is 61.3 Å². The molecule has 3 rings (SSSR count). The van der Waals surface area contributed by atoms with Crippen molar-refractivity contribution in [3.63, 3.8) is 0 Å². The van der Waals surface area contributed by atoms with Crippen LogP contribution in [0.5, 0.6) is 0 Å². The quantitative estimate of drug-likeness (QED) is 0.559. The molecule has 26 heavy (non-hydrogen) atoms. The molecule has 4 atom stereocenters. The smallest absolute Gasteiger partial charge is 0.164 e. The standard InChI is InChI=1S/C17H21N5O4/c1-9(2)3-4-19-15-12-10(5-18)6-22(16(12)21-8-20-15)17-14(25)13(24)11(7-23)26-17/h3,6,8,11,13-14,17,23-25H,4,7H2,1-2H3,(H,19,20,21)/t11-,13-,14+,17+/m1/s1. The Morgan fingerprint density at radius 2 is 2.15 bits per heavy atom. The fourth-order valence-electron chi connectivity index (χ4n) is 2.96. The summed E-state index contributed by atoms with van der Waals surface area (Å²) in [5.41, 5.74) is 1.86. The zero-order valence-corrected chi connectivity index (χ0v) is 14.5. The highest BCUT2D eigenvalue weighted by Gasteiger charge is 2.44. The van der Waals surface area contributed by atoms with Crippen molar-refractivity contribution < 1.29 is 20.1 Å². The Bertz CT molecular complexity index is 868. The lowest BCUT2D eigenvalue weighted by atomic mass is 10.1. The molecule has 9 nitrogen and oxygen atoms in total. The Morgan fingerprint density at radius 3 is 2.77 bits per heavy atom. The number of aromatic nitrogens is 3. The van der Waals surface area contributed by atoms with Gasteiger partial charge in [-0.3, -0.25) is 0 Å². The number of ether oxygens (including phenoxy) is 1. The number of nitrogens with zero attached hydrogens (tertiary/aromatic N) is 4. The minimum Gasteiger partial charge on any atom is -0.394 e. The molecule has 0 radical (unpaired) electrons. The molecule has 0 saturated carbocycles. The normalized spacial score (nSPS) is 25.2. The molecule has 0 aliphatic carbocycles. The van der Waals surface area contributed by atoms with Crippen molar-refractivity contribution in [2.75, 3.05) is 18.5 Å². The van der Waals surface area contributed by atoms with Gasteiger partial charge in [0.2, 0.25) is 0 Å². The van der Waals surface area contributed by atoms with Gasteiger partial charge in [-0.2, -0.15) is 5.26 Å². The minimum absolute atomic E-state index is 0.318. The van der Waals surface area contributed by atoms with E-state index in [0.29, 0.717) is 29.0 Å². The first-order valence-corrected chi connectivity index (χ1v) is 8.23. The van der Waals surface area contributed by atoms with Crippen molar-refractivity contribution in [2.24, 2.45) is 0 Å². The average Bonchev–Trinajstić information content (AvgIpc) is 3.13. The Morgan fingerprint density at radius 1 is 1.38 bits per heavy atom. The predicted octanol–water partition coefficient (Wildman–Crippen LogP) is 0.293. The van der Waals surface area contributed by atoms with E-state index >= 15 is 0 Å². The van der Waals surface area contributed by atoms with Crippen molar-refractivity contribution in [1.82, 2.24) is 14.5 Å². The van der Waals surface area contributed by atoms with Crippen LogP contribution in [-0.2, 0) is 4.74 Å². The molecule has 2 aromatic rings. The summed E-state index contributed by atoms with van der Waals surface area (Å²) in [7, 11) is 0. The molecule has 0 aromatic carbocycles. The predicted molar refractivity (Wildman–Crippen MR) is 93.2 cm³/mol. The Hall–Kier alpha value is -2.51. The molecule has 9 heteroatoms. The van der Waals surface area contributed by atoms with Crippen LogP contribution in [0.15, 0.2) is 24.2 Å². The van der Waals surface area contributed by atoms with Crippen molar-refractivity contribution in [1.29, 1.82) is 5.26 Å². The molecule has 1 aliphatic rings. The average molecular weight is 359 g/mol. The van der Waals surface area contributed by atoms with Gasteiger partial charge in [-0.25, -0.2) is 9.97 Å². The summed E-state index contributed by atoms with van der Waals surface area (Å²) in [5.74, 6) is 0.495. The highest BCUT2D eigenvalue weighted by atomic mass is 16.6. The third-order valence-corrected chi connectivity index (χ3v) is 4.30. The number of aliphatic hydroxyl groups is 3. The summed E-state index contributed by atoms with van der Waals surface area (Å²) in [6.45, 7) is 4.08.